The van der Waals surface area contributed by atoms with Crippen molar-refractivity contribution in [1.82, 2.24) is 0 Å². The van der Waals surface area contributed by atoms with E-state index in [1.165, 1.54) is 6.92 Å². The Morgan fingerprint density at radius 2 is 1.26 bits per heavy atom. The third kappa shape index (κ3) is 19.4. The number of carboxylic acids is 1. The average molecular weight is 328 g/mol. The Morgan fingerprint density at radius 1 is 1.05 bits per heavy atom. The first kappa shape index (κ1) is 32.4. The van der Waals surface area contributed by atoms with Gasteiger partial charge in [0.15, 0.2) is 0 Å². The fourth-order valence-corrected chi connectivity index (χ4v) is 0.472. The van der Waals surface area contributed by atoms with E-state index < -0.39 is 43.6 Å². The van der Waals surface area contributed by atoms with E-state index in [-0.39, 0.29) is 76.3 Å². The first-order valence-electron chi connectivity index (χ1n) is 4.44. The summed E-state index contributed by atoms with van der Waals surface area (Å²) in [6.45, 7) is -0.0845. The van der Waals surface area contributed by atoms with Crippen LogP contribution in [0.5, 0.6) is 0 Å². The Bertz CT molecular complexity index is 202. The van der Waals surface area contributed by atoms with Crippen LogP contribution in [0.3, 0.4) is 0 Å². The van der Waals surface area contributed by atoms with Crippen LogP contribution in [0.1, 0.15) is 11.2 Å². The van der Waals surface area contributed by atoms with Crippen LogP contribution in [0.15, 0.2) is 0 Å². The summed E-state index contributed by atoms with van der Waals surface area (Å²) in [5, 5.41) is 58.3. The van der Waals surface area contributed by atoms with Gasteiger partial charge in [0.2, 0.25) is 0 Å². The van der Waals surface area contributed by atoms with Crippen molar-refractivity contribution in [3.05, 3.63) is 0 Å². The van der Waals surface area contributed by atoms with Crippen molar-refractivity contribution < 1.29 is 79.1 Å². The normalized spacial score (nSPS) is 14.9. The summed E-state index contributed by atoms with van der Waals surface area (Å²) in [5.41, 5.74) is 0. The second-order valence-corrected chi connectivity index (χ2v) is 3.00. The fourth-order valence-electron chi connectivity index (χ4n) is 0.472. The maximum atomic E-state index is 9.45. The van der Waals surface area contributed by atoms with Crippen LogP contribution in [-0.2, 0) is 4.79 Å². The summed E-state index contributed by atoms with van der Waals surface area (Å²) in [6.07, 6.45) is -5.52. The molecule has 3 unspecified atom stereocenters. The molecular formula is C8H22CaFNaO8. The molecule has 8 nitrogen and oxygen atoms in total. The van der Waals surface area contributed by atoms with Gasteiger partial charge in [-0.2, -0.15) is 0 Å². The number of hydrogen-bond donors (Lipinski definition) is 7. The molecule has 0 aromatic rings. The molecule has 0 spiro atoms. The summed E-state index contributed by atoms with van der Waals surface area (Å²) in [6, 6.07) is 0. The van der Waals surface area contributed by atoms with Crippen LogP contribution in [0.4, 0.5) is 4.70 Å². The molecule has 0 bridgehead atoms. The molecule has 19 heavy (non-hydrogen) atoms. The summed E-state index contributed by atoms with van der Waals surface area (Å²) < 4.78 is 0. The molecule has 3 atom stereocenters. The zero-order valence-corrected chi connectivity index (χ0v) is 15.1. The molecule has 0 amide bonds. The average Bonchev–Trinajstić information content (AvgIpc) is 2.26. The molecule has 0 aliphatic heterocycles. The molecule has 0 saturated heterocycles. The van der Waals surface area contributed by atoms with E-state index in [9.17, 15) is 4.79 Å². The van der Waals surface area contributed by atoms with Crippen molar-refractivity contribution in [3.63, 3.8) is 0 Å². The van der Waals surface area contributed by atoms with Gasteiger partial charge in [0.25, 0.3) is 0 Å². The van der Waals surface area contributed by atoms with Crippen molar-refractivity contribution in [3.8, 4) is 0 Å². The SMILES string of the molecule is CC(O)C(=O)O.F.OCC(O)C(O)C(O)CO.[Ca+2].[H-].[H-].[H-].[Na+]. The Hall–Kier alpha value is 1.42. The van der Waals surface area contributed by atoms with E-state index >= 15 is 0 Å². The van der Waals surface area contributed by atoms with Gasteiger partial charge in [-0.3, -0.25) is 4.70 Å². The number of carbonyl (C=O) groups is 1. The van der Waals surface area contributed by atoms with Gasteiger partial charge in [-0.1, -0.05) is 0 Å². The van der Waals surface area contributed by atoms with Gasteiger partial charge in [-0.05, 0) is 6.92 Å². The largest absolute Gasteiger partial charge is 2.00 e. The monoisotopic (exact) mass is 328 g/mol. The molecule has 0 aliphatic rings. The summed E-state index contributed by atoms with van der Waals surface area (Å²) in [7, 11) is 0. The molecule has 7 N–H and O–H groups in total. The minimum Gasteiger partial charge on any atom is -1.00 e. The molecular weight excluding hydrogens is 306 g/mol. The number of carboxylic acid groups (broad SMARTS) is 1. The minimum atomic E-state index is -1.49. The quantitative estimate of drug-likeness (QED) is 0.245. The molecule has 0 saturated carbocycles. The maximum Gasteiger partial charge on any atom is 2.00 e. The first-order chi connectivity index (χ1) is 7.27. The van der Waals surface area contributed by atoms with Crippen LogP contribution in [0.25, 0.3) is 0 Å². The van der Waals surface area contributed by atoms with Gasteiger partial charge in [-0.25, -0.2) is 4.79 Å². The van der Waals surface area contributed by atoms with E-state index in [0.29, 0.717) is 0 Å². The Kier molecular flexibility index (Phi) is 33.1. The van der Waals surface area contributed by atoms with E-state index in [4.69, 9.17) is 35.7 Å². The Balaban J connectivity index is -0.0000000248. The van der Waals surface area contributed by atoms with Crippen molar-refractivity contribution in [2.24, 2.45) is 0 Å². The van der Waals surface area contributed by atoms with Crippen LogP contribution in [0, 0.1) is 0 Å². The van der Waals surface area contributed by atoms with Gasteiger partial charge in [0.05, 0.1) is 13.2 Å². The predicted molar refractivity (Wildman–Crippen MR) is 63.1 cm³/mol. The first-order valence-corrected chi connectivity index (χ1v) is 4.44. The van der Waals surface area contributed by atoms with Crippen molar-refractivity contribution >= 4 is 43.7 Å². The topological polar surface area (TPSA) is 159 Å². The van der Waals surface area contributed by atoms with Crippen LogP contribution in [0.2, 0.25) is 0 Å². The van der Waals surface area contributed by atoms with E-state index in [2.05, 4.69) is 0 Å². The standard InChI is InChI=1S/C5H12O5.C3H6O3.Ca.FH.Na.3H/c6-1-3(8)5(10)4(9)2-7;1-2(4)3(5)6;;;;;;/h3-10H,1-2H2;2,4H,1H3,(H,5,6);;1H;;;;/q;;+2;;+1;3*-1. The third-order valence-corrected chi connectivity index (χ3v) is 1.52. The maximum absolute atomic E-state index is 9.45. The van der Waals surface area contributed by atoms with E-state index in [0.717, 1.165) is 0 Å². The van der Waals surface area contributed by atoms with Gasteiger partial charge < -0.3 is 40.0 Å². The van der Waals surface area contributed by atoms with Crippen molar-refractivity contribution in [2.45, 2.75) is 31.3 Å². The number of aliphatic carboxylic acids is 1. The number of halogens is 1. The molecule has 0 aromatic carbocycles. The predicted octanol–water partition coefficient (Wildman–Crippen LogP) is -6.38. The third-order valence-electron chi connectivity index (χ3n) is 1.52. The van der Waals surface area contributed by atoms with Gasteiger partial charge >= 0.3 is 73.3 Å². The van der Waals surface area contributed by atoms with Gasteiger partial charge in [0, 0.05) is 0 Å². The molecule has 0 fully saturated rings. The number of aliphatic hydroxyl groups is 6. The summed E-state index contributed by atoms with van der Waals surface area (Å²) in [5.74, 6) is -1.19. The van der Waals surface area contributed by atoms with Crippen molar-refractivity contribution in [1.29, 1.82) is 0 Å². The summed E-state index contributed by atoms with van der Waals surface area (Å²) in [4.78, 5) is 9.45. The van der Waals surface area contributed by atoms with E-state index in [1.807, 2.05) is 0 Å². The Labute approximate surface area is 166 Å². The smallest absolute Gasteiger partial charge is 1.00 e. The minimum absolute atomic E-state index is 0. The second-order valence-electron chi connectivity index (χ2n) is 3.00. The zero-order valence-electron chi connectivity index (χ0n) is 13.9. The van der Waals surface area contributed by atoms with Crippen LogP contribution < -0.4 is 29.6 Å². The van der Waals surface area contributed by atoms with Gasteiger partial charge in [0.1, 0.15) is 24.4 Å². The molecule has 0 heterocycles. The molecule has 0 rings (SSSR count). The number of aliphatic hydroxyl groups excluding tert-OH is 6. The fraction of sp³-hybridized carbons (Fsp3) is 0.875. The number of hydrogen-bond acceptors (Lipinski definition) is 7. The molecule has 11 heteroatoms. The molecule has 0 aromatic heterocycles. The Morgan fingerprint density at radius 3 is 1.37 bits per heavy atom. The molecule has 0 radical (unpaired) electrons. The van der Waals surface area contributed by atoms with Crippen LogP contribution in [-0.4, -0.2) is 117 Å². The van der Waals surface area contributed by atoms with Crippen molar-refractivity contribution in [2.75, 3.05) is 13.2 Å². The van der Waals surface area contributed by atoms with E-state index in [1.54, 1.807) is 0 Å². The second kappa shape index (κ2) is 19.4. The molecule has 112 valence electrons. The molecule has 0 aliphatic carbocycles. The van der Waals surface area contributed by atoms with Crippen LogP contribution >= 0.6 is 0 Å². The number of rotatable bonds is 5. The van der Waals surface area contributed by atoms with Gasteiger partial charge in [-0.15, -0.1) is 0 Å². The summed E-state index contributed by atoms with van der Waals surface area (Å²) >= 11 is 0. The zero-order chi connectivity index (χ0) is 13.3.